The number of hydrogen-bond acceptors (Lipinski definition) is 1. The molecule has 0 saturated heterocycles. The molecule has 3 heteroatoms. The van der Waals surface area contributed by atoms with Crippen molar-refractivity contribution in [2.24, 2.45) is 0 Å². The van der Waals surface area contributed by atoms with Gasteiger partial charge in [-0.1, -0.05) is 42.5 Å². The Hall–Kier alpha value is -2.94. The summed E-state index contributed by atoms with van der Waals surface area (Å²) in [4.78, 5) is 0. The molecule has 0 atom stereocenters. The van der Waals surface area contributed by atoms with Crippen molar-refractivity contribution in [3.05, 3.63) is 108 Å². The average Bonchev–Trinajstić information content (AvgIpc) is 3.44. The molecule has 0 radical (unpaired) electrons. The van der Waals surface area contributed by atoms with Gasteiger partial charge in [-0.25, -0.2) is 8.78 Å². The van der Waals surface area contributed by atoms with Crippen molar-refractivity contribution >= 4 is 0 Å². The van der Waals surface area contributed by atoms with E-state index in [-0.39, 0.29) is 23.5 Å². The second kappa shape index (κ2) is 7.36. The van der Waals surface area contributed by atoms with Gasteiger partial charge >= 0.3 is 0 Å². The van der Waals surface area contributed by atoms with Gasteiger partial charge in [0.15, 0.2) is 0 Å². The lowest BCUT2D eigenvalue weighted by atomic mass is 9.94. The van der Waals surface area contributed by atoms with E-state index in [1.165, 1.54) is 12.1 Å². The molecule has 0 bridgehead atoms. The van der Waals surface area contributed by atoms with Crippen molar-refractivity contribution in [1.29, 1.82) is 0 Å². The second-order valence-corrected chi connectivity index (χ2v) is 6.99. The highest BCUT2D eigenvalue weighted by Crippen LogP contribution is 2.50. The maximum Gasteiger partial charge on any atom is 0.127 e. The fourth-order valence-electron chi connectivity index (χ4n) is 3.32. The summed E-state index contributed by atoms with van der Waals surface area (Å²) < 4.78 is 33.6. The highest BCUT2D eigenvalue weighted by atomic mass is 19.1. The molecule has 1 nitrogen and oxygen atoms in total. The van der Waals surface area contributed by atoms with Crippen molar-refractivity contribution < 1.29 is 13.5 Å². The topological polar surface area (TPSA) is 9.23 Å². The summed E-state index contributed by atoms with van der Waals surface area (Å²) in [5.74, 6) is 0.994. The lowest BCUT2D eigenvalue weighted by Crippen LogP contribution is -2.04. The molecule has 0 aromatic heterocycles. The van der Waals surface area contributed by atoms with Crippen LogP contribution in [0.1, 0.15) is 24.0 Å². The van der Waals surface area contributed by atoms with Crippen LogP contribution in [0.3, 0.4) is 0 Å². The molecular formula is C24H20F2O. The monoisotopic (exact) mass is 362 g/mol. The van der Waals surface area contributed by atoms with Crippen molar-refractivity contribution in [2.45, 2.75) is 24.7 Å². The van der Waals surface area contributed by atoms with Crippen LogP contribution in [0.5, 0.6) is 11.5 Å². The van der Waals surface area contributed by atoms with Crippen LogP contribution >= 0.6 is 0 Å². The third-order valence-electron chi connectivity index (χ3n) is 4.89. The summed E-state index contributed by atoms with van der Waals surface area (Å²) in [6.07, 6.45) is 3.70. The first kappa shape index (κ1) is 17.5. The van der Waals surface area contributed by atoms with Gasteiger partial charge < -0.3 is 4.74 Å². The zero-order valence-electron chi connectivity index (χ0n) is 14.9. The Labute approximate surface area is 157 Å². The molecule has 0 amide bonds. The molecule has 0 heterocycles. The molecule has 1 fully saturated rings. The van der Waals surface area contributed by atoms with Crippen molar-refractivity contribution in [3.63, 3.8) is 0 Å². The van der Waals surface area contributed by atoms with Crippen LogP contribution in [0.15, 0.2) is 90.8 Å². The normalized spacial score (nSPS) is 15.4. The van der Waals surface area contributed by atoms with E-state index in [1.807, 2.05) is 54.6 Å². The summed E-state index contributed by atoms with van der Waals surface area (Å²) in [7, 11) is 0. The van der Waals surface area contributed by atoms with Crippen molar-refractivity contribution in [1.82, 2.24) is 0 Å². The van der Waals surface area contributed by atoms with E-state index in [0.717, 1.165) is 29.7 Å². The fraction of sp³-hybridized carbons (Fsp3) is 0.167. The maximum atomic E-state index is 14.7. The third kappa shape index (κ3) is 4.25. The van der Waals surface area contributed by atoms with E-state index in [1.54, 1.807) is 18.2 Å². The Morgan fingerprint density at radius 2 is 1.59 bits per heavy atom. The Balaban J connectivity index is 1.48. The molecule has 3 aromatic carbocycles. The Kier molecular flexibility index (Phi) is 4.76. The van der Waals surface area contributed by atoms with E-state index >= 15 is 0 Å². The fourth-order valence-corrected chi connectivity index (χ4v) is 3.32. The largest absolute Gasteiger partial charge is 0.457 e. The first-order valence-electron chi connectivity index (χ1n) is 9.08. The van der Waals surface area contributed by atoms with Crippen molar-refractivity contribution in [2.75, 3.05) is 0 Å². The van der Waals surface area contributed by atoms with Gasteiger partial charge in [0.25, 0.3) is 0 Å². The molecule has 1 aliphatic carbocycles. The Morgan fingerprint density at radius 1 is 0.889 bits per heavy atom. The zero-order valence-corrected chi connectivity index (χ0v) is 14.9. The predicted octanol–water partition coefficient (Wildman–Crippen LogP) is 6.75. The van der Waals surface area contributed by atoms with E-state index in [0.29, 0.717) is 5.75 Å². The van der Waals surface area contributed by atoms with Gasteiger partial charge in [-0.15, -0.1) is 0 Å². The van der Waals surface area contributed by atoms with Gasteiger partial charge in [0.05, 0.1) is 0 Å². The van der Waals surface area contributed by atoms with Crippen LogP contribution in [0.25, 0.3) is 0 Å². The summed E-state index contributed by atoms with van der Waals surface area (Å²) in [6.45, 7) is 0. The molecule has 1 saturated carbocycles. The first-order chi connectivity index (χ1) is 13.1. The van der Waals surface area contributed by atoms with E-state index < -0.39 is 0 Å². The van der Waals surface area contributed by atoms with Crippen LogP contribution in [-0.2, 0) is 11.8 Å². The molecule has 1 aliphatic rings. The minimum atomic E-state index is -0.282. The highest BCUT2D eigenvalue weighted by molar-refractivity contribution is 5.40. The minimum Gasteiger partial charge on any atom is -0.457 e. The van der Waals surface area contributed by atoms with Gasteiger partial charge in [-0.3, -0.25) is 0 Å². The molecular weight excluding hydrogens is 342 g/mol. The summed E-state index contributed by atoms with van der Waals surface area (Å²) in [6, 6.07) is 23.4. The van der Waals surface area contributed by atoms with Gasteiger partial charge in [0.2, 0.25) is 0 Å². The van der Waals surface area contributed by atoms with Crippen LogP contribution in [0, 0.1) is 5.82 Å². The molecule has 0 spiro atoms. The molecule has 0 aliphatic heterocycles. The lowest BCUT2D eigenvalue weighted by molar-refractivity contribution is 0.482. The SMILES string of the molecule is FC(=CC1(c2ccc(F)cc2)CC1)Cc1cccc(Oc2ccccc2)c1. The van der Waals surface area contributed by atoms with E-state index in [9.17, 15) is 8.78 Å². The van der Waals surface area contributed by atoms with Crippen LogP contribution in [0.4, 0.5) is 8.78 Å². The Bertz CT molecular complexity index is 942. The maximum absolute atomic E-state index is 14.7. The van der Waals surface area contributed by atoms with Gasteiger partial charge in [0.1, 0.15) is 23.1 Å². The molecule has 3 aromatic rings. The van der Waals surface area contributed by atoms with E-state index in [2.05, 4.69) is 0 Å². The number of allylic oxidation sites excluding steroid dienone is 2. The van der Waals surface area contributed by atoms with Crippen LogP contribution in [0.2, 0.25) is 0 Å². The van der Waals surface area contributed by atoms with Crippen LogP contribution in [-0.4, -0.2) is 0 Å². The summed E-state index contributed by atoms with van der Waals surface area (Å²) in [5, 5.41) is 0. The highest BCUT2D eigenvalue weighted by Gasteiger charge is 2.42. The molecule has 0 N–H and O–H groups in total. The predicted molar refractivity (Wildman–Crippen MR) is 103 cm³/mol. The lowest BCUT2D eigenvalue weighted by Gasteiger charge is -2.12. The minimum absolute atomic E-state index is 0.173. The standard InChI is InChI=1S/C24H20F2O/c25-20-11-9-19(10-12-20)24(13-14-24)17-21(26)15-18-5-4-8-23(16-18)27-22-6-2-1-3-7-22/h1-12,16-17H,13-15H2. The third-order valence-corrected chi connectivity index (χ3v) is 4.89. The number of hydrogen-bond donors (Lipinski definition) is 0. The second-order valence-electron chi connectivity index (χ2n) is 6.99. The smallest absolute Gasteiger partial charge is 0.127 e. The van der Waals surface area contributed by atoms with Crippen molar-refractivity contribution in [3.8, 4) is 11.5 Å². The summed E-state index contributed by atoms with van der Waals surface area (Å²) >= 11 is 0. The van der Waals surface area contributed by atoms with Crippen LogP contribution < -0.4 is 4.74 Å². The number of halogens is 2. The van der Waals surface area contributed by atoms with Gasteiger partial charge in [-0.2, -0.15) is 0 Å². The number of benzene rings is 3. The number of para-hydroxylation sites is 1. The Morgan fingerprint density at radius 3 is 2.30 bits per heavy atom. The molecule has 136 valence electrons. The van der Waals surface area contributed by atoms with E-state index in [4.69, 9.17) is 4.74 Å². The van der Waals surface area contributed by atoms with Gasteiger partial charge in [-0.05, 0) is 66.4 Å². The average molecular weight is 362 g/mol. The molecule has 0 unspecified atom stereocenters. The number of rotatable bonds is 6. The molecule has 27 heavy (non-hydrogen) atoms. The van der Waals surface area contributed by atoms with Gasteiger partial charge in [0, 0.05) is 11.8 Å². The number of ether oxygens (including phenoxy) is 1. The summed E-state index contributed by atoms with van der Waals surface area (Å²) in [5.41, 5.74) is 1.54. The first-order valence-corrected chi connectivity index (χ1v) is 9.08. The molecule has 4 rings (SSSR count). The quantitative estimate of drug-likeness (QED) is 0.471. The zero-order chi connectivity index (χ0) is 18.7.